The number of nitro groups is 1. The average Bonchev–Trinajstić information content (AvgIpc) is 2.67. The molecule has 0 fully saturated rings. The second-order valence-electron chi connectivity index (χ2n) is 5.61. The number of anilines is 1. The first-order valence-electron chi connectivity index (χ1n) is 8.20. The molecule has 2 aromatic carbocycles. The molecular weight excluding hydrogens is 416 g/mol. The summed E-state index contributed by atoms with van der Waals surface area (Å²) in [6, 6.07) is 11.1. The molecule has 2 amide bonds. The molecule has 0 aliphatic carbocycles. The highest BCUT2D eigenvalue weighted by Gasteiger charge is 2.15. The number of non-ortho nitro benzene ring substituents is 1. The topological polar surface area (TPSA) is 113 Å². The van der Waals surface area contributed by atoms with Crippen LogP contribution < -0.4 is 16.0 Å². The molecule has 2 rings (SSSR count). The second-order valence-corrected chi connectivity index (χ2v) is 6.52. The molecule has 0 saturated carbocycles. The van der Waals surface area contributed by atoms with Crippen molar-refractivity contribution in [3.63, 3.8) is 0 Å². The van der Waals surface area contributed by atoms with Crippen molar-refractivity contribution in [2.75, 3.05) is 25.5 Å². The van der Waals surface area contributed by atoms with Crippen LogP contribution in [0.4, 0.5) is 11.4 Å². The Labute approximate surface area is 164 Å². The van der Waals surface area contributed by atoms with Crippen LogP contribution in [0.1, 0.15) is 27.1 Å². The van der Waals surface area contributed by atoms with Crippen LogP contribution in [0.5, 0.6) is 0 Å². The zero-order valence-electron chi connectivity index (χ0n) is 14.6. The number of carbonyl (C=O) groups excluding carboxylic acids is 2. The zero-order chi connectivity index (χ0) is 19.8. The van der Waals surface area contributed by atoms with Crippen LogP contribution in [-0.2, 0) is 0 Å². The van der Waals surface area contributed by atoms with E-state index in [1.165, 1.54) is 25.2 Å². The average molecular weight is 435 g/mol. The van der Waals surface area contributed by atoms with Gasteiger partial charge in [-0.1, -0.05) is 15.9 Å². The van der Waals surface area contributed by atoms with E-state index in [4.69, 9.17) is 0 Å². The molecule has 0 aliphatic heterocycles. The van der Waals surface area contributed by atoms with Crippen LogP contribution in [0.2, 0.25) is 0 Å². The number of amides is 2. The van der Waals surface area contributed by atoms with E-state index < -0.39 is 10.8 Å². The molecule has 0 saturated heterocycles. The summed E-state index contributed by atoms with van der Waals surface area (Å²) in [5, 5.41) is 19.2. The molecular formula is C18H19BrN4O4. The van der Waals surface area contributed by atoms with Gasteiger partial charge in [0.1, 0.15) is 0 Å². The minimum Gasteiger partial charge on any atom is -0.384 e. The molecule has 8 nitrogen and oxygen atoms in total. The molecule has 142 valence electrons. The van der Waals surface area contributed by atoms with E-state index in [1.54, 1.807) is 24.3 Å². The van der Waals surface area contributed by atoms with Crippen molar-refractivity contribution >= 4 is 39.1 Å². The Balaban J connectivity index is 1.87. The molecule has 2 aromatic rings. The molecule has 0 bridgehead atoms. The lowest BCUT2D eigenvalue weighted by atomic mass is 10.1. The Bertz CT molecular complexity index is 840. The van der Waals surface area contributed by atoms with Crippen molar-refractivity contribution in [1.29, 1.82) is 0 Å². The van der Waals surface area contributed by atoms with Crippen molar-refractivity contribution in [3.05, 3.63) is 68.2 Å². The molecule has 0 aliphatic rings. The van der Waals surface area contributed by atoms with Gasteiger partial charge in [0.05, 0.1) is 10.5 Å². The number of halogens is 1. The van der Waals surface area contributed by atoms with E-state index in [2.05, 4.69) is 31.9 Å². The minimum absolute atomic E-state index is 0.152. The quantitative estimate of drug-likeness (QED) is 0.335. The molecule has 27 heavy (non-hydrogen) atoms. The van der Waals surface area contributed by atoms with Gasteiger partial charge in [0.25, 0.3) is 17.5 Å². The molecule has 0 spiro atoms. The normalized spacial score (nSPS) is 10.1. The summed E-state index contributed by atoms with van der Waals surface area (Å²) < 4.78 is 0.901. The fourth-order valence-electron chi connectivity index (χ4n) is 2.34. The standard InChI is InChI=1S/C18H19BrN4O4/c1-20-18(25)15-11-14(23(26)27)7-8-16(15)21-9-2-10-22-17(24)12-3-5-13(19)6-4-12/h3-8,11,21H,2,9-10H2,1H3,(H,20,25)(H,22,24). The van der Waals surface area contributed by atoms with Crippen LogP contribution >= 0.6 is 15.9 Å². The van der Waals surface area contributed by atoms with Crippen LogP contribution in [0, 0.1) is 10.1 Å². The van der Waals surface area contributed by atoms with Gasteiger partial charge in [-0.2, -0.15) is 0 Å². The van der Waals surface area contributed by atoms with Crippen LogP contribution in [0.25, 0.3) is 0 Å². The monoisotopic (exact) mass is 434 g/mol. The highest BCUT2D eigenvalue weighted by atomic mass is 79.9. The van der Waals surface area contributed by atoms with Gasteiger partial charge in [-0.25, -0.2) is 0 Å². The minimum atomic E-state index is -0.548. The Morgan fingerprint density at radius 1 is 1.07 bits per heavy atom. The van der Waals surface area contributed by atoms with Gasteiger partial charge in [-0.3, -0.25) is 19.7 Å². The summed E-state index contributed by atoms with van der Waals surface area (Å²) in [6.45, 7) is 0.937. The Hall–Kier alpha value is -2.94. The van der Waals surface area contributed by atoms with Crippen molar-refractivity contribution in [2.24, 2.45) is 0 Å². The van der Waals surface area contributed by atoms with E-state index in [1.807, 2.05) is 0 Å². The third kappa shape index (κ3) is 5.78. The van der Waals surface area contributed by atoms with Gasteiger partial charge in [0.2, 0.25) is 0 Å². The number of hydrogen-bond donors (Lipinski definition) is 3. The molecule has 0 atom stereocenters. The lowest BCUT2D eigenvalue weighted by molar-refractivity contribution is -0.384. The van der Waals surface area contributed by atoms with E-state index in [9.17, 15) is 19.7 Å². The third-order valence-electron chi connectivity index (χ3n) is 3.75. The molecule has 9 heteroatoms. The zero-order valence-corrected chi connectivity index (χ0v) is 16.2. The smallest absolute Gasteiger partial charge is 0.270 e. The number of rotatable bonds is 8. The van der Waals surface area contributed by atoms with E-state index >= 15 is 0 Å². The van der Waals surface area contributed by atoms with Crippen LogP contribution in [-0.4, -0.2) is 36.9 Å². The summed E-state index contributed by atoms with van der Waals surface area (Å²) in [5.74, 6) is -0.575. The van der Waals surface area contributed by atoms with Crippen LogP contribution in [0.15, 0.2) is 46.9 Å². The number of carbonyl (C=O) groups is 2. The maximum Gasteiger partial charge on any atom is 0.270 e. The number of benzene rings is 2. The van der Waals surface area contributed by atoms with Crippen molar-refractivity contribution in [1.82, 2.24) is 10.6 Å². The maximum atomic E-state index is 12.0. The first kappa shape index (κ1) is 20.4. The maximum absolute atomic E-state index is 12.0. The first-order valence-corrected chi connectivity index (χ1v) is 9.00. The van der Waals surface area contributed by atoms with Crippen molar-refractivity contribution < 1.29 is 14.5 Å². The van der Waals surface area contributed by atoms with Crippen LogP contribution in [0.3, 0.4) is 0 Å². The number of nitrogens with one attached hydrogen (secondary N) is 3. The molecule has 0 radical (unpaired) electrons. The summed E-state index contributed by atoms with van der Waals surface area (Å²) in [6.07, 6.45) is 0.617. The Morgan fingerprint density at radius 2 is 1.78 bits per heavy atom. The van der Waals surface area contributed by atoms with E-state index in [0.717, 1.165) is 4.47 Å². The number of nitrogens with zero attached hydrogens (tertiary/aromatic N) is 1. The molecule has 3 N–H and O–H groups in total. The fraction of sp³-hybridized carbons (Fsp3) is 0.222. The predicted molar refractivity (Wildman–Crippen MR) is 106 cm³/mol. The summed E-state index contributed by atoms with van der Waals surface area (Å²) in [7, 11) is 1.46. The third-order valence-corrected chi connectivity index (χ3v) is 4.28. The fourth-order valence-corrected chi connectivity index (χ4v) is 2.60. The van der Waals surface area contributed by atoms with Crippen molar-refractivity contribution in [2.45, 2.75) is 6.42 Å². The summed E-state index contributed by atoms with van der Waals surface area (Å²) in [5.41, 5.74) is 1.12. The lowest BCUT2D eigenvalue weighted by Crippen LogP contribution is -2.26. The molecule has 0 heterocycles. The Morgan fingerprint density at radius 3 is 2.41 bits per heavy atom. The van der Waals surface area contributed by atoms with Gasteiger partial charge in [0.15, 0.2) is 0 Å². The first-order chi connectivity index (χ1) is 12.9. The largest absolute Gasteiger partial charge is 0.384 e. The van der Waals surface area contributed by atoms with E-state index in [0.29, 0.717) is 30.8 Å². The number of hydrogen-bond acceptors (Lipinski definition) is 5. The van der Waals surface area contributed by atoms with E-state index in [-0.39, 0.29) is 17.2 Å². The van der Waals surface area contributed by atoms with Crippen molar-refractivity contribution in [3.8, 4) is 0 Å². The van der Waals surface area contributed by atoms with Gasteiger partial charge in [0, 0.05) is 48.0 Å². The summed E-state index contributed by atoms with van der Waals surface area (Å²) >= 11 is 3.32. The SMILES string of the molecule is CNC(=O)c1cc([N+](=O)[O-])ccc1NCCCNC(=O)c1ccc(Br)cc1. The Kier molecular flexibility index (Phi) is 7.30. The predicted octanol–water partition coefficient (Wildman–Crippen LogP) is 2.95. The second kappa shape index (κ2) is 9.67. The summed E-state index contributed by atoms with van der Waals surface area (Å²) in [4.78, 5) is 34.3. The van der Waals surface area contributed by atoms with Gasteiger partial charge < -0.3 is 16.0 Å². The highest BCUT2D eigenvalue weighted by molar-refractivity contribution is 9.10. The highest BCUT2D eigenvalue weighted by Crippen LogP contribution is 2.22. The van der Waals surface area contributed by atoms with Gasteiger partial charge in [-0.05, 0) is 36.8 Å². The van der Waals surface area contributed by atoms with Gasteiger partial charge in [-0.15, -0.1) is 0 Å². The van der Waals surface area contributed by atoms with Gasteiger partial charge >= 0.3 is 0 Å². The molecule has 0 unspecified atom stereocenters. The molecule has 0 aromatic heterocycles. The lowest BCUT2D eigenvalue weighted by Gasteiger charge is -2.11. The number of nitro benzene ring substituents is 1.